The number of fused-ring (bicyclic) bond motifs is 2. The molecule has 0 saturated heterocycles. The van der Waals surface area contributed by atoms with Crippen LogP contribution in [0, 0.1) is 17.8 Å². The van der Waals surface area contributed by atoms with Gasteiger partial charge in [-0.05, 0) is 146 Å². The quantitative estimate of drug-likeness (QED) is 0.244. The molecule has 0 aromatic rings. The first-order chi connectivity index (χ1) is 37.6. The molecule has 6 rings (SSSR count). The molecule has 0 aromatic carbocycles. The Morgan fingerprint density at radius 1 is 0.403 bits per heavy atom. The second-order valence-electron chi connectivity index (χ2n) is 23.2. The maximum Gasteiger partial charge on any atom is 0.162 e. The summed E-state index contributed by atoms with van der Waals surface area (Å²) in [5, 5.41) is 0. The summed E-state index contributed by atoms with van der Waals surface area (Å²) in [6, 6.07) is 0. The monoisotopic (exact) mass is 1060 g/mol. The molecule has 4 saturated carbocycles. The Balaban J connectivity index is 0.000000330. The van der Waals surface area contributed by atoms with Crippen molar-refractivity contribution in [2.75, 3.05) is 0 Å². The molecule has 6 aliphatic carbocycles. The maximum absolute atomic E-state index is 12.4. The van der Waals surface area contributed by atoms with Crippen molar-refractivity contribution < 1.29 is 24.0 Å². The Hall–Kier alpha value is -3.73. The highest BCUT2D eigenvalue weighted by Gasteiger charge is 2.36. The van der Waals surface area contributed by atoms with Crippen LogP contribution in [0.25, 0.3) is 0 Å². The molecule has 5 nitrogen and oxygen atoms in total. The number of carbonyl (C=O) groups excluding carboxylic acids is 5. The van der Waals surface area contributed by atoms with Gasteiger partial charge in [0.15, 0.2) is 23.1 Å². The molecule has 6 aliphatic rings. The molecule has 0 heterocycles. The van der Waals surface area contributed by atoms with Crippen LogP contribution in [0.5, 0.6) is 0 Å². The Kier molecular flexibility index (Phi) is 42.4. The van der Waals surface area contributed by atoms with Gasteiger partial charge in [0.25, 0.3) is 0 Å². The molecule has 4 fully saturated rings. The van der Waals surface area contributed by atoms with Gasteiger partial charge in [-0.15, -0.1) is 0 Å². The summed E-state index contributed by atoms with van der Waals surface area (Å²) in [4.78, 5) is 59.5. The number of rotatable bonds is 1. The van der Waals surface area contributed by atoms with Crippen LogP contribution in [-0.2, 0) is 24.0 Å². The van der Waals surface area contributed by atoms with Crippen molar-refractivity contribution in [2.45, 2.75) is 311 Å². The van der Waals surface area contributed by atoms with Gasteiger partial charge >= 0.3 is 0 Å². The van der Waals surface area contributed by atoms with Crippen LogP contribution in [0.15, 0.2) is 94.7 Å². The Bertz CT molecular complexity index is 1780. The molecule has 3 unspecified atom stereocenters. The number of allylic oxidation sites excluding steroid dienone is 16. The second-order valence-corrected chi connectivity index (χ2v) is 23.2. The highest BCUT2D eigenvalue weighted by atomic mass is 16.1. The van der Waals surface area contributed by atoms with E-state index in [0.29, 0.717) is 47.2 Å². The van der Waals surface area contributed by atoms with Crippen LogP contribution in [0.4, 0.5) is 0 Å². The first kappa shape index (κ1) is 69.4. The molecule has 77 heavy (non-hydrogen) atoms. The molecular weight excluding hydrogens is 945 g/mol. The summed E-state index contributed by atoms with van der Waals surface area (Å²) in [5.41, 5.74) is 5.84. The molecule has 3 atom stereocenters. The zero-order chi connectivity index (χ0) is 56.0. The first-order valence-corrected chi connectivity index (χ1v) is 32.6. The molecule has 0 aromatic heterocycles. The molecular formula is C72H116O5. The highest BCUT2D eigenvalue weighted by molar-refractivity contribution is 6.01. The van der Waals surface area contributed by atoms with Gasteiger partial charge in [-0.2, -0.15) is 0 Å². The zero-order valence-corrected chi connectivity index (χ0v) is 50.8. The first-order valence-electron chi connectivity index (χ1n) is 32.6. The van der Waals surface area contributed by atoms with E-state index < -0.39 is 0 Å². The van der Waals surface area contributed by atoms with Crippen LogP contribution < -0.4 is 0 Å². The predicted molar refractivity (Wildman–Crippen MR) is 331 cm³/mol. The maximum atomic E-state index is 12.4. The highest BCUT2D eigenvalue weighted by Crippen LogP contribution is 2.39. The lowest BCUT2D eigenvalue weighted by atomic mass is 9.88. The van der Waals surface area contributed by atoms with Gasteiger partial charge in [0, 0.05) is 37.5 Å². The van der Waals surface area contributed by atoms with Crippen molar-refractivity contribution in [3.8, 4) is 0 Å². The van der Waals surface area contributed by atoms with Crippen LogP contribution >= 0.6 is 0 Å². The van der Waals surface area contributed by atoms with Crippen molar-refractivity contribution in [2.24, 2.45) is 17.8 Å². The summed E-state index contributed by atoms with van der Waals surface area (Å²) < 4.78 is 0. The van der Waals surface area contributed by atoms with Gasteiger partial charge in [0.2, 0.25) is 0 Å². The SMILES string of the molecule is C/C=C1\CCCCCCCCCCC1=O.C/C=C1\CCCCCCCCCCC1=O.CC1=C2CCCCCCCCCC(C2=O)C1C.CC=C1CCCCCCCCCCC1=O.CCC1C=CC=CC=CC=CCCC1=O. The number of hydrogen-bond acceptors (Lipinski definition) is 5. The van der Waals surface area contributed by atoms with Crippen molar-refractivity contribution in [1.82, 2.24) is 0 Å². The van der Waals surface area contributed by atoms with E-state index in [2.05, 4.69) is 20.8 Å². The zero-order valence-electron chi connectivity index (χ0n) is 50.8. The minimum absolute atomic E-state index is 0.0893. The number of ketones is 5. The molecule has 0 N–H and O–H groups in total. The van der Waals surface area contributed by atoms with E-state index in [1.807, 2.05) is 87.6 Å². The summed E-state index contributed by atoms with van der Waals surface area (Å²) in [6.07, 6.45) is 71.9. The van der Waals surface area contributed by atoms with E-state index in [0.717, 1.165) is 100 Å². The summed E-state index contributed by atoms with van der Waals surface area (Å²) >= 11 is 0. The average Bonchev–Trinajstić information content (AvgIpc) is 3.64. The minimum atomic E-state index is 0.0893. The van der Waals surface area contributed by atoms with Gasteiger partial charge in [0.05, 0.1) is 0 Å². The smallest absolute Gasteiger partial charge is 0.162 e. The molecule has 0 spiro atoms. The summed E-state index contributed by atoms with van der Waals surface area (Å²) in [6.45, 7) is 12.5. The average molecular weight is 1060 g/mol. The van der Waals surface area contributed by atoms with Crippen molar-refractivity contribution in [3.63, 3.8) is 0 Å². The fraction of sp³-hybridized carbons (Fsp3) is 0.708. The van der Waals surface area contributed by atoms with Gasteiger partial charge in [0.1, 0.15) is 5.78 Å². The topological polar surface area (TPSA) is 85.3 Å². The molecule has 434 valence electrons. The molecule has 0 radical (unpaired) electrons. The summed E-state index contributed by atoms with van der Waals surface area (Å²) in [5.74, 6) is 2.97. The van der Waals surface area contributed by atoms with Gasteiger partial charge in [-0.3, -0.25) is 24.0 Å². The third kappa shape index (κ3) is 32.8. The lowest BCUT2D eigenvalue weighted by Gasteiger charge is -2.15. The van der Waals surface area contributed by atoms with E-state index in [1.165, 1.54) is 191 Å². The Morgan fingerprint density at radius 2 is 0.727 bits per heavy atom. The largest absolute Gasteiger partial charge is 0.299 e. The van der Waals surface area contributed by atoms with E-state index >= 15 is 0 Å². The molecule has 5 heteroatoms. The van der Waals surface area contributed by atoms with E-state index in [-0.39, 0.29) is 5.92 Å². The van der Waals surface area contributed by atoms with Crippen molar-refractivity contribution in [1.29, 1.82) is 0 Å². The van der Waals surface area contributed by atoms with Gasteiger partial charge < -0.3 is 0 Å². The lowest BCUT2D eigenvalue weighted by Crippen LogP contribution is -2.16. The fourth-order valence-corrected chi connectivity index (χ4v) is 11.8. The van der Waals surface area contributed by atoms with E-state index in [4.69, 9.17) is 0 Å². The van der Waals surface area contributed by atoms with Crippen LogP contribution in [0.1, 0.15) is 311 Å². The summed E-state index contributed by atoms with van der Waals surface area (Å²) in [7, 11) is 0. The minimum Gasteiger partial charge on any atom is -0.299 e. The van der Waals surface area contributed by atoms with Crippen molar-refractivity contribution >= 4 is 28.9 Å². The van der Waals surface area contributed by atoms with Crippen LogP contribution in [0.2, 0.25) is 0 Å². The molecule has 0 amide bonds. The Morgan fingerprint density at radius 3 is 1.10 bits per heavy atom. The standard InChI is InChI=1S/C16H26O.3C14H24O.C14H18O/c1-12-13(2)15-11-9-7-5-3-4-6-8-10-14(12)16(15)17;4*1-2-13-11-9-7-5-3-4-6-8-10-12-14(13)15/h12,14H,3-11H2,1-2H3;3*2H,3-12H2,1H3;3-9,11,13H,2,10,12H2,1H3/b;2*13-2+;;. The lowest BCUT2D eigenvalue weighted by molar-refractivity contribution is -0.121. The van der Waals surface area contributed by atoms with E-state index in [9.17, 15) is 24.0 Å². The third-order valence-electron chi connectivity index (χ3n) is 17.2. The fourth-order valence-electron chi connectivity index (χ4n) is 11.8. The van der Waals surface area contributed by atoms with Crippen LogP contribution in [0.3, 0.4) is 0 Å². The number of carbonyl (C=O) groups is 5. The number of Topliss-reactive ketones (excluding diaryl/α,β-unsaturated/α-hetero) is 5. The third-order valence-corrected chi connectivity index (χ3v) is 17.2. The number of hydrogen-bond donors (Lipinski definition) is 0. The van der Waals surface area contributed by atoms with Crippen molar-refractivity contribution in [3.05, 3.63) is 94.7 Å². The van der Waals surface area contributed by atoms with Gasteiger partial charge in [-0.1, -0.05) is 240 Å². The molecule has 0 aliphatic heterocycles. The second kappa shape index (κ2) is 47.1. The normalized spacial score (nSPS) is 25.9. The predicted octanol–water partition coefficient (Wildman–Crippen LogP) is 21.5. The van der Waals surface area contributed by atoms with E-state index in [1.54, 1.807) is 0 Å². The van der Waals surface area contributed by atoms with Gasteiger partial charge in [-0.25, -0.2) is 0 Å². The van der Waals surface area contributed by atoms with Crippen LogP contribution in [-0.4, -0.2) is 28.9 Å². The Labute approximate surface area is 474 Å². The molecule has 2 bridgehead atoms.